The quantitative estimate of drug-likeness (QED) is 0.634. The Labute approximate surface area is 74.5 Å². The zero-order valence-corrected chi connectivity index (χ0v) is 8.39. The molecular weight excluding hydrogens is 154 g/mol. The van der Waals surface area contributed by atoms with Crippen molar-refractivity contribution in [3.05, 3.63) is 0 Å². The average Bonchev–Trinajstić information content (AvgIpc) is 1.99. The molecule has 0 aliphatic carbocycles. The fraction of sp³-hybridized carbons (Fsp3) is 0.889. The second-order valence-electron chi connectivity index (χ2n) is 3.03. The Morgan fingerprint density at radius 2 is 2.00 bits per heavy atom. The van der Waals surface area contributed by atoms with Crippen molar-refractivity contribution < 1.29 is 9.53 Å². The van der Waals surface area contributed by atoms with E-state index in [9.17, 15) is 4.79 Å². The Bertz CT molecular complexity index is 134. The van der Waals surface area contributed by atoms with Crippen molar-refractivity contribution in [3.63, 3.8) is 0 Å². The first-order valence-electron chi connectivity index (χ1n) is 4.53. The highest BCUT2D eigenvalue weighted by Gasteiger charge is 2.21. The Hall–Kier alpha value is -0.570. The van der Waals surface area contributed by atoms with E-state index >= 15 is 0 Å². The summed E-state index contributed by atoms with van der Waals surface area (Å²) in [5.41, 5.74) is 0. The number of ether oxygens (including phenoxy) is 1. The largest absolute Gasteiger partial charge is 0.465 e. The minimum Gasteiger partial charge on any atom is -0.465 e. The van der Waals surface area contributed by atoms with Gasteiger partial charge in [0, 0.05) is 0 Å². The predicted molar refractivity (Wildman–Crippen MR) is 48.9 cm³/mol. The maximum atomic E-state index is 11.3. The molecule has 0 rings (SSSR count). The van der Waals surface area contributed by atoms with Gasteiger partial charge < -0.3 is 10.1 Å². The summed E-state index contributed by atoms with van der Waals surface area (Å²) in [5, 5.41) is 3.09. The fourth-order valence-corrected chi connectivity index (χ4v) is 1.04. The average molecular weight is 173 g/mol. The molecule has 0 aromatic heterocycles. The van der Waals surface area contributed by atoms with Crippen molar-refractivity contribution in [1.29, 1.82) is 0 Å². The van der Waals surface area contributed by atoms with E-state index in [4.69, 9.17) is 4.74 Å². The molecule has 0 saturated heterocycles. The summed E-state index contributed by atoms with van der Waals surface area (Å²) < 4.78 is 4.92. The lowest BCUT2D eigenvalue weighted by Gasteiger charge is -2.19. The predicted octanol–water partition coefficient (Wildman–Crippen LogP) is 1.18. The Balaban J connectivity index is 4.00. The van der Waals surface area contributed by atoms with Gasteiger partial charge in [0.1, 0.15) is 6.04 Å². The van der Waals surface area contributed by atoms with Crippen LogP contribution in [0.5, 0.6) is 0 Å². The summed E-state index contributed by atoms with van der Waals surface area (Å²) in [6, 6.07) is -0.157. The second kappa shape index (κ2) is 6.00. The van der Waals surface area contributed by atoms with Crippen LogP contribution >= 0.6 is 0 Å². The third kappa shape index (κ3) is 3.72. The number of hydrogen-bond donors (Lipinski definition) is 1. The number of carbonyl (C=O) groups is 1. The van der Waals surface area contributed by atoms with E-state index in [-0.39, 0.29) is 17.9 Å². The Kier molecular flexibility index (Phi) is 5.72. The molecular formula is C9H19NO2. The van der Waals surface area contributed by atoms with Crippen LogP contribution in [0, 0.1) is 5.92 Å². The van der Waals surface area contributed by atoms with Crippen molar-refractivity contribution in [1.82, 2.24) is 5.32 Å². The van der Waals surface area contributed by atoms with Gasteiger partial charge >= 0.3 is 5.97 Å². The van der Waals surface area contributed by atoms with Crippen LogP contribution < -0.4 is 5.32 Å². The maximum Gasteiger partial charge on any atom is 0.323 e. The summed E-state index contributed by atoms with van der Waals surface area (Å²) in [4.78, 5) is 11.3. The summed E-state index contributed by atoms with van der Waals surface area (Å²) in [6.07, 6.45) is 0. The van der Waals surface area contributed by atoms with Crippen LogP contribution in [0.15, 0.2) is 0 Å². The van der Waals surface area contributed by atoms with E-state index in [2.05, 4.69) is 5.32 Å². The van der Waals surface area contributed by atoms with E-state index in [1.54, 1.807) is 0 Å². The molecule has 0 saturated carbocycles. The van der Waals surface area contributed by atoms with Gasteiger partial charge in [-0.25, -0.2) is 0 Å². The minimum absolute atomic E-state index is 0.144. The van der Waals surface area contributed by atoms with Crippen molar-refractivity contribution in [2.24, 2.45) is 5.92 Å². The van der Waals surface area contributed by atoms with Crippen molar-refractivity contribution >= 4 is 5.97 Å². The number of nitrogens with one attached hydrogen (secondary N) is 1. The monoisotopic (exact) mass is 173 g/mol. The number of esters is 1. The van der Waals surface area contributed by atoms with Crippen LogP contribution in [0.2, 0.25) is 0 Å². The van der Waals surface area contributed by atoms with E-state index in [0.717, 1.165) is 6.54 Å². The molecule has 0 aliphatic rings. The molecule has 12 heavy (non-hydrogen) atoms. The topological polar surface area (TPSA) is 38.3 Å². The van der Waals surface area contributed by atoms with Gasteiger partial charge in [-0.05, 0) is 19.4 Å². The maximum absolute atomic E-state index is 11.3. The highest BCUT2D eigenvalue weighted by molar-refractivity contribution is 5.76. The van der Waals surface area contributed by atoms with E-state index < -0.39 is 0 Å². The van der Waals surface area contributed by atoms with Crippen LogP contribution in [0.3, 0.4) is 0 Å². The van der Waals surface area contributed by atoms with Gasteiger partial charge in [-0.2, -0.15) is 0 Å². The molecule has 0 heterocycles. The van der Waals surface area contributed by atoms with Crippen LogP contribution in [0.4, 0.5) is 0 Å². The van der Waals surface area contributed by atoms with Crippen molar-refractivity contribution in [2.45, 2.75) is 33.7 Å². The zero-order chi connectivity index (χ0) is 9.56. The van der Waals surface area contributed by atoms with E-state index in [1.165, 1.54) is 0 Å². The molecule has 72 valence electrons. The van der Waals surface area contributed by atoms with E-state index in [1.807, 2.05) is 27.7 Å². The van der Waals surface area contributed by atoms with Crippen molar-refractivity contribution in [2.75, 3.05) is 13.2 Å². The molecule has 0 fully saturated rings. The lowest BCUT2D eigenvalue weighted by Crippen LogP contribution is -2.41. The molecule has 0 amide bonds. The highest BCUT2D eigenvalue weighted by atomic mass is 16.5. The van der Waals surface area contributed by atoms with Gasteiger partial charge in [-0.15, -0.1) is 0 Å². The molecule has 0 unspecified atom stereocenters. The van der Waals surface area contributed by atoms with Crippen LogP contribution in [-0.2, 0) is 9.53 Å². The molecule has 3 heteroatoms. The second-order valence-corrected chi connectivity index (χ2v) is 3.03. The number of likely N-dealkylation sites (N-methyl/N-ethyl adjacent to an activating group) is 1. The smallest absolute Gasteiger partial charge is 0.323 e. The normalized spacial score (nSPS) is 13.1. The summed E-state index contributed by atoms with van der Waals surface area (Å²) in [5.74, 6) is 0.137. The first kappa shape index (κ1) is 11.4. The standard InChI is InChI=1S/C9H19NO2/c1-5-10-8(7(3)4)9(11)12-6-2/h7-8,10H,5-6H2,1-4H3/t8-/m0/s1. The third-order valence-electron chi connectivity index (χ3n) is 1.63. The van der Waals surface area contributed by atoms with Crippen molar-refractivity contribution in [3.8, 4) is 0 Å². The zero-order valence-electron chi connectivity index (χ0n) is 8.39. The molecule has 1 N–H and O–H groups in total. The minimum atomic E-state index is -0.157. The molecule has 0 aliphatic heterocycles. The summed E-state index contributed by atoms with van der Waals surface area (Å²) in [6.45, 7) is 9.06. The van der Waals surface area contributed by atoms with Gasteiger partial charge in [-0.3, -0.25) is 4.79 Å². The van der Waals surface area contributed by atoms with Gasteiger partial charge in [-0.1, -0.05) is 20.8 Å². The summed E-state index contributed by atoms with van der Waals surface area (Å²) >= 11 is 0. The van der Waals surface area contributed by atoms with Crippen LogP contribution in [-0.4, -0.2) is 25.2 Å². The number of hydrogen-bond acceptors (Lipinski definition) is 3. The third-order valence-corrected chi connectivity index (χ3v) is 1.63. The van der Waals surface area contributed by atoms with Crippen LogP contribution in [0.1, 0.15) is 27.7 Å². The van der Waals surface area contributed by atoms with E-state index in [0.29, 0.717) is 6.61 Å². The molecule has 0 aromatic rings. The Morgan fingerprint density at radius 3 is 2.33 bits per heavy atom. The molecule has 1 atom stereocenters. The molecule has 0 spiro atoms. The SMILES string of the molecule is CCN[C@H](C(=O)OCC)C(C)C. The lowest BCUT2D eigenvalue weighted by atomic mass is 10.1. The summed E-state index contributed by atoms with van der Waals surface area (Å²) in [7, 11) is 0. The Morgan fingerprint density at radius 1 is 1.42 bits per heavy atom. The molecule has 0 aromatic carbocycles. The molecule has 0 bridgehead atoms. The highest BCUT2D eigenvalue weighted by Crippen LogP contribution is 2.03. The van der Waals surface area contributed by atoms with Crippen LogP contribution in [0.25, 0.3) is 0 Å². The molecule has 3 nitrogen and oxygen atoms in total. The lowest BCUT2D eigenvalue weighted by molar-refractivity contribution is -0.146. The first-order valence-corrected chi connectivity index (χ1v) is 4.53. The van der Waals surface area contributed by atoms with Gasteiger partial charge in [0.15, 0.2) is 0 Å². The number of carbonyl (C=O) groups excluding carboxylic acids is 1. The fourth-order valence-electron chi connectivity index (χ4n) is 1.04. The number of rotatable bonds is 5. The van der Waals surface area contributed by atoms with Gasteiger partial charge in [0.2, 0.25) is 0 Å². The van der Waals surface area contributed by atoms with Gasteiger partial charge in [0.25, 0.3) is 0 Å². The van der Waals surface area contributed by atoms with Gasteiger partial charge in [0.05, 0.1) is 6.61 Å². The first-order chi connectivity index (χ1) is 5.63. The molecule has 0 radical (unpaired) electrons.